The third-order valence-electron chi connectivity index (χ3n) is 1.81. The van der Waals surface area contributed by atoms with Gasteiger partial charge in [0.2, 0.25) is 0 Å². The maximum atomic E-state index is 12.6. The van der Waals surface area contributed by atoms with Gasteiger partial charge in [-0.15, -0.1) is 0 Å². The summed E-state index contributed by atoms with van der Waals surface area (Å²) in [6.45, 7) is 0. The highest BCUT2D eigenvalue weighted by Crippen LogP contribution is 2.56. The molecule has 2 nitrogen and oxygen atoms in total. The van der Waals surface area contributed by atoms with Gasteiger partial charge in [-0.2, -0.15) is 29.2 Å². The molecular formula is C8H6BrF3N2S. The summed E-state index contributed by atoms with van der Waals surface area (Å²) >= 11 is 3.06. The van der Waals surface area contributed by atoms with E-state index in [1.54, 1.807) is 11.5 Å². The second-order valence-electron chi connectivity index (χ2n) is 2.84. The zero-order chi connectivity index (χ0) is 11.1. The molecule has 2 heterocycles. The van der Waals surface area contributed by atoms with Gasteiger partial charge in [-0.3, -0.25) is 5.10 Å². The van der Waals surface area contributed by atoms with Gasteiger partial charge in [0.05, 0.1) is 4.91 Å². The van der Waals surface area contributed by atoms with Gasteiger partial charge in [0.15, 0.2) is 0 Å². The molecule has 1 atom stereocenters. The van der Waals surface area contributed by atoms with Gasteiger partial charge in [0, 0.05) is 10.7 Å². The van der Waals surface area contributed by atoms with Gasteiger partial charge in [-0.1, -0.05) is 15.9 Å². The number of hydrogen-bond donors (Lipinski definition) is 2. The van der Waals surface area contributed by atoms with Crippen LogP contribution in [0.2, 0.25) is 0 Å². The molecule has 0 radical (unpaired) electrons. The smallest absolute Gasteiger partial charge is 0.285 e. The predicted molar refractivity (Wildman–Crippen MR) is 57.0 cm³/mol. The minimum Gasteiger partial charge on any atom is -0.285 e. The Balaban J connectivity index is 2.38. The fourth-order valence-corrected chi connectivity index (χ4v) is 4.04. The van der Waals surface area contributed by atoms with Crippen LogP contribution in [0.15, 0.2) is 38.2 Å². The molecule has 0 bridgehead atoms. The first-order valence-corrected chi connectivity index (χ1v) is 6.14. The Morgan fingerprint density at radius 1 is 1.40 bits per heavy atom. The highest BCUT2D eigenvalue weighted by atomic mass is 79.9. The lowest BCUT2D eigenvalue weighted by Crippen LogP contribution is -2.10. The van der Waals surface area contributed by atoms with Crippen molar-refractivity contribution in [3.05, 3.63) is 33.1 Å². The van der Waals surface area contributed by atoms with E-state index < -0.39 is 22.0 Å². The van der Waals surface area contributed by atoms with Crippen molar-refractivity contribution >= 4 is 26.8 Å². The van der Waals surface area contributed by atoms with Crippen LogP contribution in [0.4, 0.5) is 13.2 Å². The van der Waals surface area contributed by atoms with Crippen molar-refractivity contribution in [2.24, 2.45) is 0 Å². The van der Waals surface area contributed by atoms with Crippen LogP contribution in [0.1, 0.15) is 0 Å². The van der Waals surface area contributed by atoms with Gasteiger partial charge in [-0.05, 0) is 17.6 Å². The largest absolute Gasteiger partial charge is 0.421 e. The number of aromatic amines is 1. The van der Waals surface area contributed by atoms with Gasteiger partial charge in [0.1, 0.15) is 5.03 Å². The molecule has 1 aliphatic rings. The van der Waals surface area contributed by atoms with Crippen LogP contribution in [0.3, 0.4) is 0 Å². The molecule has 0 saturated heterocycles. The van der Waals surface area contributed by atoms with Crippen molar-refractivity contribution in [3.63, 3.8) is 0 Å². The fourth-order valence-electron chi connectivity index (χ4n) is 1.22. The number of alkyl halides is 3. The van der Waals surface area contributed by atoms with E-state index in [0.717, 1.165) is 6.08 Å². The maximum Gasteiger partial charge on any atom is 0.421 e. The van der Waals surface area contributed by atoms with E-state index in [-0.39, 0.29) is 0 Å². The normalized spacial score (nSPS) is 23.9. The van der Waals surface area contributed by atoms with Crippen molar-refractivity contribution in [1.82, 2.24) is 10.2 Å². The molecule has 1 aromatic heterocycles. The van der Waals surface area contributed by atoms with Crippen LogP contribution in [0.5, 0.6) is 0 Å². The van der Waals surface area contributed by atoms with Crippen molar-refractivity contribution in [2.75, 3.05) is 0 Å². The number of rotatable bonds is 1. The Morgan fingerprint density at radius 2 is 2.13 bits per heavy atom. The molecule has 1 aromatic rings. The second kappa shape index (κ2) is 3.71. The van der Waals surface area contributed by atoms with Gasteiger partial charge in [0.25, 0.3) is 0 Å². The van der Waals surface area contributed by atoms with Crippen LogP contribution in [-0.4, -0.2) is 16.4 Å². The molecule has 0 saturated carbocycles. The van der Waals surface area contributed by atoms with Crippen molar-refractivity contribution < 1.29 is 13.2 Å². The molecule has 0 fully saturated rings. The molecule has 1 unspecified atom stereocenters. The zero-order valence-corrected chi connectivity index (χ0v) is 9.70. The van der Waals surface area contributed by atoms with E-state index >= 15 is 0 Å². The first-order chi connectivity index (χ1) is 6.98. The summed E-state index contributed by atoms with van der Waals surface area (Å²) in [6, 6.07) is 1.56. The Bertz CT molecular complexity index is 422. The number of thiol groups is 1. The van der Waals surface area contributed by atoms with Crippen LogP contribution in [0, 0.1) is 0 Å². The number of nitrogens with one attached hydrogen (secondary N) is 1. The zero-order valence-electron chi connectivity index (χ0n) is 7.22. The van der Waals surface area contributed by atoms with Crippen LogP contribution < -0.4 is 0 Å². The molecule has 82 valence electrons. The molecule has 0 aromatic carbocycles. The third-order valence-corrected chi connectivity index (χ3v) is 4.80. The molecule has 15 heavy (non-hydrogen) atoms. The van der Waals surface area contributed by atoms with E-state index in [4.69, 9.17) is 0 Å². The summed E-state index contributed by atoms with van der Waals surface area (Å²) in [6.07, 6.45) is -1.66. The quantitative estimate of drug-likeness (QED) is 0.764. The number of H-pyrrole nitrogens is 1. The Morgan fingerprint density at radius 3 is 2.67 bits per heavy atom. The molecule has 2 rings (SSSR count). The first kappa shape index (κ1) is 10.8. The highest BCUT2D eigenvalue weighted by Gasteiger charge is 2.40. The summed E-state index contributed by atoms with van der Waals surface area (Å²) in [5, 5.41) is 8.30. The Labute approximate surface area is 94.7 Å². The summed E-state index contributed by atoms with van der Waals surface area (Å²) in [4.78, 5) is -0.531. The molecule has 1 aliphatic heterocycles. The minimum absolute atomic E-state index is 0.433. The van der Waals surface area contributed by atoms with Crippen LogP contribution >= 0.6 is 26.8 Å². The molecule has 7 heteroatoms. The van der Waals surface area contributed by atoms with E-state index in [2.05, 4.69) is 26.1 Å². The van der Waals surface area contributed by atoms with Crippen molar-refractivity contribution in [1.29, 1.82) is 0 Å². The Hall–Kier alpha value is -0.690. The van der Waals surface area contributed by atoms with Gasteiger partial charge in [-0.25, -0.2) is 0 Å². The lowest BCUT2D eigenvalue weighted by Gasteiger charge is -2.17. The molecule has 0 aliphatic carbocycles. The number of nitrogens with zero attached hydrogens (tertiary/aromatic N) is 1. The lowest BCUT2D eigenvalue weighted by atomic mass is 10.5. The molecule has 0 spiro atoms. The molecule has 1 N–H and O–H groups in total. The van der Waals surface area contributed by atoms with E-state index in [9.17, 15) is 13.2 Å². The molecular weight excluding hydrogens is 293 g/mol. The third kappa shape index (κ3) is 2.12. The Kier molecular flexibility index (Phi) is 2.68. The van der Waals surface area contributed by atoms with Crippen LogP contribution in [0.25, 0.3) is 0 Å². The summed E-state index contributed by atoms with van der Waals surface area (Å²) in [5.41, 5.74) is 0. The SMILES string of the molecule is FC(F)(F)C1=CC(Br)=C[SH]1c1cc[nH]n1. The van der Waals surface area contributed by atoms with E-state index in [0.29, 0.717) is 9.51 Å². The summed E-state index contributed by atoms with van der Waals surface area (Å²) in [7, 11) is -1.51. The highest BCUT2D eigenvalue weighted by molar-refractivity contribution is 9.12. The lowest BCUT2D eigenvalue weighted by molar-refractivity contribution is -0.0836. The number of allylic oxidation sites excluding steroid dienone is 3. The van der Waals surface area contributed by atoms with Crippen LogP contribution in [-0.2, 0) is 0 Å². The standard InChI is InChI=1S/C8H6BrF3N2S/c9-5-3-6(8(10,11)12)15(4-5)7-1-2-13-14-7/h1-4,15H,(H,13,14). The monoisotopic (exact) mass is 298 g/mol. The van der Waals surface area contributed by atoms with Crippen molar-refractivity contribution in [2.45, 2.75) is 11.2 Å². The number of aromatic nitrogens is 2. The summed E-state index contributed by atoms with van der Waals surface area (Å²) in [5.74, 6) is 0. The van der Waals surface area contributed by atoms with E-state index in [1.807, 2.05) is 0 Å². The molecule has 0 amide bonds. The average Bonchev–Trinajstić information content (AvgIpc) is 2.68. The summed E-state index contributed by atoms with van der Waals surface area (Å²) < 4.78 is 38.4. The first-order valence-electron chi connectivity index (χ1n) is 3.94. The van der Waals surface area contributed by atoms with E-state index in [1.165, 1.54) is 6.20 Å². The minimum atomic E-state index is -4.29. The number of halogens is 4. The topological polar surface area (TPSA) is 28.7 Å². The van der Waals surface area contributed by atoms with Crippen molar-refractivity contribution in [3.8, 4) is 0 Å². The average molecular weight is 299 g/mol. The van der Waals surface area contributed by atoms with Gasteiger partial charge >= 0.3 is 6.18 Å². The predicted octanol–water partition coefficient (Wildman–Crippen LogP) is 3.47. The fraction of sp³-hybridized carbons (Fsp3) is 0.125. The van der Waals surface area contributed by atoms with Gasteiger partial charge < -0.3 is 0 Å². The maximum absolute atomic E-state index is 12.6. The second-order valence-corrected chi connectivity index (χ2v) is 5.70. The number of hydrogen-bond acceptors (Lipinski definition) is 1.